The normalized spacial score (nSPS) is 11.7. The first-order valence-corrected chi connectivity index (χ1v) is 8.89. The third-order valence-electron chi connectivity index (χ3n) is 4.71. The van der Waals surface area contributed by atoms with Crippen LogP contribution in [0.3, 0.4) is 0 Å². The van der Waals surface area contributed by atoms with Crippen molar-refractivity contribution in [2.75, 3.05) is 0 Å². The maximum Gasteiger partial charge on any atom is 0.573 e. The highest BCUT2D eigenvalue weighted by Gasteiger charge is 2.30. The van der Waals surface area contributed by atoms with Crippen molar-refractivity contribution in [2.45, 2.75) is 19.8 Å². The van der Waals surface area contributed by atoms with Crippen LogP contribution in [0.4, 0.5) is 13.2 Å². The maximum absolute atomic E-state index is 12.3. The number of halogens is 3. The highest BCUT2D eigenvalue weighted by molar-refractivity contribution is 5.86. The molecule has 0 radical (unpaired) electrons. The molecular formula is C23H18F3NO. The molecule has 5 heteroatoms. The molecule has 0 fully saturated rings. The van der Waals surface area contributed by atoms with Crippen molar-refractivity contribution >= 4 is 10.9 Å². The number of hydrogen-bond donors (Lipinski definition) is 0. The first-order chi connectivity index (χ1) is 13.4. The van der Waals surface area contributed by atoms with Crippen LogP contribution in [0.1, 0.15) is 11.3 Å². The molecule has 0 amide bonds. The predicted molar refractivity (Wildman–Crippen MR) is 104 cm³/mol. The molecule has 142 valence electrons. The number of benzene rings is 3. The molecular weight excluding hydrogens is 363 g/mol. The topological polar surface area (TPSA) is 14.2 Å². The van der Waals surface area contributed by atoms with E-state index in [1.807, 2.05) is 24.3 Å². The Morgan fingerprint density at radius 2 is 1.50 bits per heavy atom. The minimum Gasteiger partial charge on any atom is -0.406 e. The highest BCUT2D eigenvalue weighted by Crippen LogP contribution is 2.30. The minimum absolute atomic E-state index is 0.220. The summed E-state index contributed by atoms with van der Waals surface area (Å²) in [5.41, 5.74) is 5.30. The number of ether oxygens (including phenoxy) is 1. The first kappa shape index (κ1) is 18.2. The van der Waals surface area contributed by atoms with E-state index in [1.54, 1.807) is 12.1 Å². The summed E-state index contributed by atoms with van der Waals surface area (Å²) in [6, 6.07) is 24.4. The molecule has 0 aliphatic heterocycles. The summed E-state index contributed by atoms with van der Waals surface area (Å²) in [6.07, 6.45) is -4.68. The molecule has 0 aliphatic carbocycles. The molecule has 0 saturated carbocycles. The van der Waals surface area contributed by atoms with E-state index in [9.17, 15) is 13.2 Å². The summed E-state index contributed by atoms with van der Waals surface area (Å²) in [6.45, 7) is 2.87. The quantitative estimate of drug-likeness (QED) is 0.390. The number of aromatic nitrogens is 1. The van der Waals surface area contributed by atoms with Gasteiger partial charge in [0, 0.05) is 23.1 Å². The molecule has 1 heterocycles. The molecule has 0 unspecified atom stereocenters. The van der Waals surface area contributed by atoms with E-state index >= 15 is 0 Å². The Balaban J connectivity index is 1.64. The third-order valence-corrected chi connectivity index (χ3v) is 4.71. The smallest absolute Gasteiger partial charge is 0.406 e. The highest BCUT2D eigenvalue weighted by atomic mass is 19.4. The Bertz CT molecular complexity index is 1100. The van der Waals surface area contributed by atoms with Crippen LogP contribution in [0.5, 0.6) is 5.75 Å². The van der Waals surface area contributed by atoms with Gasteiger partial charge in [0.05, 0.1) is 0 Å². The molecule has 1 aromatic heterocycles. The molecule has 0 atom stereocenters. The van der Waals surface area contributed by atoms with E-state index in [0.29, 0.717) is 0 Å². The average Bonchev–Trinajstić information content (AvgIpc) is 2.96. The van der Waals surface area contributed by atoms with Crippen LogP contribution in [0.25, 0.3) is 22.0 Å². The van der Waals surface area contributed by atoms with Crippen LogP contribution in [0, 0.1) is 6.92 Å². The van der Waals surface area contributed by atoms with Gasteiger partial charge < -0.3 is 9.30 Å². The zero-order valence-corrected chi connectivity index (χ0v) is 15.2. The van der Waals surface area contributed by atoms with E-state index in [-0.39, 0.29) is 5.75 Å². The second kappa shape index (κ2) is 7.08. The van der Waals surface area contributed by atoms with E-state index in [0.717, 1.165) is 34.3 Å². The summed E-state index contributed by atoms with van der Waals surface area (Å²) in [5, 5.41) is 1.10. The van der Waals surface area contributed by atoms with Crippen LogP contribution < -0.4 is 4.74 Å². The Hall–Kier alpha value is -3.21. The number of aryl methyl sites for hydroxylation is 1. The molecule has 4 aromatic rings. The Morgan fingerprint density at radius 3 is 2.18 bits per heavy atom. The van der Waals surface area contributed by atoms with Crippen molar-refractivity contribution in [1.29, 1.82) is 0 Å². The summed E-state index contributed by atoms with van der Waals surface area (Å²) in [4.78, 5) is 0. The summed E-state index contributed by atoms with van der Waals surface area (Å²) in [5.74, 6) is -0.220. The molecule has 4 rings (SSSR count). The number of rotatable bonds is 4. The lowest BCUT2D eigenvalue weighted by molar-refractivity contribution is -0.274. The lowest BCUT2D eigenvalue weighted by atomic mass is 10.0. The van der Waals surface area contributed by atoms with Gasteiger partial charge in [-0.15, -0.1) is 13.2 Å². The van der Waals surface area contributed by atoms with Gasteiger partial charge in [-0.1, -0.05) is 48.5 Å². The van der Waals surface area contributed by atoms with Gasteiger partial charge in [-0.25, -0.2) is 0 Å². The largest absolute Gasteiger partial charge is 0.573 e. The third kappa shape index (κ3) is 3.88. The number of nitrogens with zero attached hydrogens (tertiary/aromatic N) is 1. The summed E-state index contributed by atoms with van der Waals surface area (Å²) >= 11 is 0. The lowest BCUT2D eigenvalue weighted by Gasteiger charge is -2.10. The standard InChI is InChI=1S/C23H18F3NO/c1-16-13-20-14-19(18-7-10-21(11-8-18)28-23(24,25)26)9-12-22(20)27(16)15-17-5-3-2-4-6-17/h2-14H,15H2,1H3. The van der Waals surface area contributed by atoms with Gasteiger partial charge in [-0.05, 0) is 53.9 Å². The fraction of sp³-hybridized carbons (Fsp3) is 0.130. The van der Waals surface area contributed by atoms with Crippen molar-refractivity contribution in [2.24, 2.45) is 0 Å². The van der Waals surface area contributed by atoms with Crippen LogP contribution in [0.15, 0.2) is 78.9 Å². The van der Waals surface area contributed by atoms with Gasteiger partial charge >= 0.3 is 6.36 Å². The predicted octanol–water partition coefficient (Wildman–Crippen LogP) is 6.56. The molecule has 3 aromatic carbocycles. The van der Waals surface area contributed by atoms with E-state index in [4.69, 9.17) is 0 Å². The van der Waals surface area contributed by atoms with Crippen LogP contribution in [-0.4, -0.2) is 10.9 Å². The van der Waals surface area contributed by atoms with Gasteiger partial charge in [0.2, 0.25) is 0 Å². The number of alkyl halides is 3. The monoisotopic (exact) mass is 381 g/mol. The summed E-state index contributed by atoms with van der Waals surface area (Å²) in [7, 11) is 0. The molecule has 2 nitrogen and oxygen atoms in total. The number of hydrogen-bond acceptors (Lipinski definition) is 1. The second-order valence-corrected chi connectivity index (χ2v) is 6.70. The van der Waals surface area contributed by atoms with Crippen LogP contribution >= 0.6 is 0 Å². The van der Waals surface area contributed by atoms with Gasteiger partial charge in [-0.3, -0.25) is 0 Å². The first-order valence-electron chi connectivity index (χ1n) is 8.89. The van der Waals surface area contributed by atoms with E-state index in [1.165, 1.54) is 17.7 Å². The van der Waals surface area contributed by atoms with Crippen LogP contribution in [-0.2, 0) is 6.54 Å². The zero-order valence-electron chi connectivity index (χ0n) is 15.2. The zero-order chi connectivity index (χ0) is 19.7. The number of fused-ring (bicyclic) bond motifs is 1. The Labute approximate surface area is 160 Å². The van der Waals surface area contributed by atoms with E-state index in [2.05, 4.69) is 46.6 Å². The van der Waals surface area contributed by atoms with Crippen molar-refractivity contribution in [3.63, 3.8) is 0 Å². The minimum atomic E-state index is -4.68. The lowest BCUT2D eigenvalue weighted by Crippen LogP contribution is -2.16. The second-order valence-electron chi connectivity index (χ2n) is 6.70. The van der Waals surface area contributed by atoms with E-state index < -0.39 is 6.36 Å². The molecule has 0 spiro atoms. The molecule has 0 aliphatic rings. The van der Waals surface area contributed by atoms with Gasteiger partial charge in [0.25, 0.3) is 0 Å². The Kier molecular flexibility index (Phi) is 4.59. The fourth-order valence-electron chi connectivity index (χ4n) is 3.41. The van der Waals surface area contributed by atoms with Crippen molar-refractivity contribution < 1.29 is 17.9 Å². The SMILES string of the molecule is Cc1cc2cc(-c3ccc(OC(F)(F)F)cc3)ccc2n1Cc1ccccc1. The molecule has 28 heavy (non-hydrogen) atoms. The van der Waals surface area contributed by atoms with Crippen LogP contribution in [0.2, 0.25) is 0 Å². The molecule has 0 bridgehead atoms. The Morgan fingerprint density at radius 1 is 0.821 bits per heavy atom. The van der Waals surface area contributed by atoms with Crippen molar-refractivity contribution in [3.8, 4) is 16.9 Å². The van der Waals surface area contributed by atoms with Gasteiger partial charge in [0.15, 0.2) is 0 Å². The van der Waals surface area contributed by atoms with Crippen molar-refractivity contribution in [3.05, 3.63) is 90.1 Å². The molecule has 0 saturated heterocycles. The maximum atomic E-state index is 12.3. The van der Waals surface area contributed by atoms with Gasteiger partial charge in [-0.2, -0.15) is 0 Å². The molecule has 0 N–H and O–H groups in total. The average molecular weight is 381 g/mol. The van der Waals surface area contributed by atoms with Gasteiger partial charge in [0.1, 0.15) is 5.75 Å². The van der Waals surface area contributed by atoms with Crippen molar-refractivity contribution in [1.82, 2.24) is 4.57 Å². The fourth-order valence-corrected chi connectivity index (χ4v) is 3.41. The summed E-state index contributed by atoms with van der Waals surface area (Å²) < 4.78 is 43.1.